The fraction of sp³-hybridized carbons (Fsp3) is 0.190. The van der Waals surface area contributed by atoms with Gasteiger partial charge in [-0.05, 0) is 36.6 Å². The molecule has 0 radical (unpaired) electrons. The Morgan fingerprint density at radius 3 is 2.57 bits per heavy atom. The molecule has 5 rings (SSSR count). The minimum atomic E-state index is -0.542. The van der Waals surface area contributed by atoms with Gasteiger partial charge in [-0.1, -0.05) is 30.3 Å². The fourth-order valence-electron chi connectivity index (χ4n) is 3.47. The van der Waals surface area contributed by atoms with Crippen molar-refractivity contribution in [3.63, 3.8) is 0 Å². The fourth-order valence-corrected chi connectivity index (χ4v) is 3.47. The minimum absolute atomic E-state index is 0.0932. The van der Waals surface area contributed by atoms with Crippen LogP contribution in [0.5, 0.6) is 0 Å². The van der Waals surface area contributed by atoms with Gasteiger partial charge in [-0.3, -0.25) is 0 Å². The number of aromatic nitrogens is 4. The van der Waals surface area contributed by atoms with Crippen molar-refractivity contribution >= 4 is 11.5 Å². The summed E-state index contributed by atoms with van der Waals surface area (Å²) in [5.74, 6) is -0.131. The maximum absolute atomic E-state index is 14.5. The molecule has 140 valence electrons. The smallest absolute Gasteiger partial charge is 0.198 e. The van der Waals surface area contributed by atoms with Crippen molar-refractivity contribution in [2.24, 2.45) is 0 Å². The summed E-state index contributed by atoms with van der Waals surface area (Å²) in [6.07, 6.45) is 2.44. The van der Waals surface area contributed by atoms with E-state index in [1.54, 1.807) is 4.52 Å². The third-order valence-electron chi connectivity index (χ3n) is 4.94. The van der Waals surface area contributed by atoms with Gasteiger partial charge < -0.3 is 5.73 Å². The van der Waals surface area contributed by atoms with Crippen molar-refractivity contribution in [2.45, 2.75) is 25.2 Å². The number of benzene rings is 2. The van der Waals surface area contributed by atoms with Gasteiger partial charge in [0.2, 0.25) is 0 Å². The molecular formula is C21H17F2N5. The maximum Gasteiger partial charge on any atom is 0.198 e. The topological polar surface area (TPSA) is 69.1 Å². The Bertz CT molecular complexity index is 1180. The molecule has 7 heteroatoms. The van der Waals surface area contributed by atoms with Crippen LogP contribution in [0.1, 0.15) is 35.8 Å². The highest BCUT2D eigenvalue weighted by atomic mass is 19.1. The molecule has 28 heavy (non-hydrogen) atoms. The molecule has 0 atom stereocenters. The second-order valence-corrected chi connectivity index (χ2v) is 7.06. The number of anilines is 1. The first kappa shape index (κ1) is 16.8. The molecule has 2 aromatic heterocycles. The van der Waals surface area contributed by atoms with Crippen LogP contribution >= 0.6 is 0 Å². The average molecular weight is 377 g/mol. The Balaban J connectivity index is 1.70. The van der Waals surface area contributed by atoms with Crippen LogP contribution in [-0.2, 0) is 6.42 Å². The van der Waals surface area contributed by atoms with E-state index in [-0.39, 0.29) is 17.3 Å². The summed E-state index contributed by atoms with van der Waals surface area (Å²) in [7, 11) is 0. The molecule has 0 saturated heterocycles. The molecule has 0 spiro atoms. The molecule has 5 nitrogen and oxygen atoms in total. The Kier molecular flexibility index (Phi) is 3.82. The van der Waals surface area contributed by atoms with Crippen LogP contribution in [0.2, 0.25) is 0 Å². The van der Waals surface area contributed by atoms with E-state index in [1.165, 1.54) is 0 Å². The van der Waals surface area contributed by atoms with Crippen molar-refractivity contribution in [2.75, 3.05) is 5.73 Å². The molecule has 0 amide bonds. The summed E-state index contributed by atoms with van der Waals surface area (Å²) in [5, 5.41) is 4.64. The number of nitrogen functional groups attached to an aromatic ring is 1. The van der Waals surface area contributed by atoms with Crippen molar-refractivity contribution in [3.8, 4) is 11.3 Å². The molecule has 1 saturated carbocycles. The molecule has 2 aromatic carbocycles. The van der Waals surface area contributed by atoms with Crippen molar-refractivity contribution in [3.05, 3.63) is 77.2 Å². The molecule has 1 aliphatic carbocycles. The maximum atomic E-state index is 14.5. The van der Waals surface area contributed by atoms with Gasteiger partial charge in [0.25, 0.3) is 0 Å². The standard InChI is InChI=1S/C21H17F2N5/c22-14-8-9-16(23)15(11-14)18-19(13-6-7-13)28-21(20(24)26-18)25-17(27-28)10-12-4-2-1-3-5-12/h1-5,8-9,11,13H,6-7,10H2,(H2,24,26). The van der Waals surface area contributed by atoms with Crippen LogP contribution in [0.15, 0.2) is 48.5 Å². The lowest BCUT2D eigenvalue weighted by Gasteiger charge is -2.12. The summed E-state index contributed by atoms with van der Waals surface area (Å²) < 4.78 is 29.9. The number of fused-ring (bicyclic) bond motifs is 1. The van der Waals surface area contributed by atoms with E-state index >= 15 is 0 Å². The minimum Gasteiger partial charge on any atom is -0.381 e. The van der Waals surface area contributed by atoms with Crippen LogP contribution in [0, 0.1) is 11.6 Å². The number of hydrogen-bond donors (Lipinski definition) is 1. The van der Waals surface area contributed by atoms with Crippen molar-refractivity contribution in [1.29, 1.82) is 0 Å². The number of halogens is 2. The Morgan fingerprint density at radius 2 is 1.82 bits per heavy atom. The van der Waals surface area contributed by atoms with E-state index < -0.39 is 11.6 Å². The molecular weight excluding hydrogens is 360 g/mol. The van der Waals surface area contributed by atoms with Gasteiger partial charge in [0.15, 0.2) is 17.3 Å². The van der Waals surface area contributed by atoms with Crippen molar-refractivity contribution < 1.29 is 8.78 Å². The highest BCUT2D eigenvalue weighted by molar-refractivity contribution is 5.71. The molecule has 1 aliphatic rings. The van der Waals surface area contributed by atoms with Crippen LogP contribution in [-0.4, -0.2) is 19.6 Å². The highest BCUT2D eigenvalue weighted by Gasteiger charge is 2.33. The van der Waals surface area contributed by atoms with E-state index in [4.69, 9.17) is 5.73 Å². The number of rotatable bonds is 4. The Labute approximate surface area is 159 Å². The van der Waals surface area contributed by atoms with E-state index in [1.807, 2.05) is 30.3 Å². The molecule has 1 fully saturated rings. The number of hydrogen-bond acceptors (Lipinski definition) is 4. The zero-order chi connectivity index (χ0) is 19.3. The number of nitrogens with zero attached hydrogens (tertiary/aromatic N) is 4. The monoisotopic (exact) mass is 377 g/mol. The molecule has 2 N–H and O–H groups in total. The van der Waals surface area contributed by atoms with Gasteiger partial charge in [-0.15, -0.1) is 0 Å². The Morgan fingerprint density at radius 1 is 1.04 bits per heavy atom. The lowest BCUT2D eigenvalue weighted by molar-refractivity contribution is 0.602. The third-order valence-corrected chi connectivity index (χ3v) is 4.94. The molecule has 0 unspecified atom stereocenters. The lowest BCUT2D eigenvalue weighted by atomic mass is 10.1. The first-order chi connectivity index (χ1) is 13.6. The van der Waals surface area contributed by atoms with Crippen LogP contribution in [0.25, 0.3) is 16.9 Å². The largest absolute Gasteiger partial charge is 0.381 e. The summed E-state index contributed by atoms with van der Waals surface area (Å²) in [4.78, 5) is 8.95. The summed E-state index contributed by atoms with van der Waals surface area (Å²) in [6.45, 7) is 0. The van der Waals surface area contributed by atoms with Crippen LogP contribution in [0.3, 0.4) is 0 Å². The van der Waals surface area contributed by atoms with Gasteiger partial charge in [0, 0.05) is 17.9 Å². The molecule has 4 aromatic rings. The van der Waals surface area contributed by atoms with Crippen molar-refractivity contribution in [1.82, 2.24) is 19.6 Å². The van der Waals surface area contributed by atoms with E-state index in [0.29, 0.717) is 23.6 Å². The third kappa shape index (κ3) is 2.89. The Hall–Kier alpha value is -3.35. The second-order valence-electron chi connectivity index (χ2n) is 7.06. The lowest BCUT2D eigenvalue weighted by Crippen LogP contribution is -2.08. The van der Waals surface area contributed by atoms with Gasteiger partial charge >= 0.3 is 0 Å². The normalized spacial score (nSPS) is 13.9. The van der Waals surface area contributed by atoms with Crippen LogP contribution < -0.4 is 5.73 Å². The highest BCUT2D eigenvalue weighted by Crippen LogP contribution is 2.44. The van der Waals surface area contributed by atoms with E-state index in [0.717, 1.165) is 42.3 Å². The summed E-state index contributed by atoms with van der Waals surface area (Å²) >= 11 is 0. The van der Waals surface area contributed by atoms with Gasteiger partial charge in [-0.25, -0.2) is 23.3 Å². The summed E-state index contributed by atoms with van der Waals surface area (Å²) in [6, 6.07) is 13.2. The molecule has 0 bridgehead atoms. The molecule has 2 heterocycles. The van der Waals surface area contributed by atoms with Crippen LogP contribution in [0.4, 0.5) is 14.6 Å². The summed E-state index contributed by atoms with van der Waals surface area (Å²) in [5.41, 5.74) is 8.82. The zero-order valence-corrected chi connectivity index (χ0v) is 14.9. The predicted octanol–water partition coefficient (Wildman–Crippen LogP) is 4.12. The average Bonchev–Trinajstić information content (AvgIpc) is 3.43. The second kappa shape index (κ2) is 6.37. The molecule has 0 aliphatic heterocycles. The number of nitrogens with two attached hydrogens (primary N) is 1. The SMILES string of the molecule is Nc1nc(-c2cc(F)ccc2F)c(C2CC2)n2nc(Cc3ccccc3)nc12. The van der Waals surface area contributed by atoms with E-state index in [2.05, 4.69) is 15.1 Å². The van der Waals surface area contributed by atoms with Gasteiger partial charge in [0.05, 0.1) is 11.4 Å². The predicted molar refractivity (Wildman–Crippen MR) is 102 cm³/mol. The first-order valence-corrected chi connectivity index (χ1v) is 9.14. The van der Waals surface area contributed by atoms with Gasteiger partial charge in [-0.2, -0.15) is 5.10 Å². The zero-order valence-electron chi connectivity index (χ0n) is 14.9. The van der Waals surface area contributed by atoms with E-state index in [9.17, 15) is 8.78 Å². The first-order valence-electron chi connectivity index (χ1n) is 9.14. The quantitative estimate of drug-likeness (QED) is 0.581. The van der Waals surface area contributed by atoms with Gasteiger partial charge in [0.1, 0.15) is 11.6 Å².